The van der Waals surface area contributed by atoms with Gasteiger partial charge in [0.15, 0.2) is 6.61 Å². The lowest BCUT2D eigenvalue weighted by molar-refractivity contribution is -0.145. The van der Waals surface area contributed by atoms with Crippen LogP contribution < -0.4 is 15.2 Å². The topological polar surface area (TPSA) is 70.8 Å². The molecule has 0 saturated heterocycles. The van der Waals surface area contributed by atoms with Gasteiger partial charge in [-0.25, -0.2) is 4.79 Å². The van der Waals surface area contributed by atoms with Crippen LogP contribution in [0.1, 0.15) is 25.8 Å². The summed E-state index contributed by atoms with van der Waals surface area (Å²) < 4.78 is 15.5. The molecule has 1 aromatic carbocycles. The molecule has 1 rings (SSSR count). The highest BCUT2D eigenvalue weighted by Gasteiger charge is 2.11. The molecule has 0 amide bonds. The van der Waals surface area contributed by atoms with Crippen LogP contribution in [0.3, 0.4) is 0 Å². The van der Waals surface area contributed by atoms with E-state index in [0.717, 1.165) is 17.7 Å². The minimum atomic E-state index is -0.381. The number of ether oxygens (including phenoxy) is 3. The maximum atomic E-state index is 11.3. The zero-order chi connectivity index (χ0) is 15.0. The van der Waals surface area contributed by atoms with Crippen molar-refractivity contribution in [1.29, 1.82) is 0 Å². The molecule has 0 aliphatic heterocycles. The maximum absolute atomic E-state index is 11.3. The molecule has 0 fully saturated rings. The number of hydrogen-bond donors (Lipinski definition) is 1. The highest BCUT2D eigenvalue weighted by atomic mass is 16.6. The highest BCUT2D eigenvalue weighted by Crippen LogP contribution is 2.25. The van der Waals surface area contributed by atoms with Gasteiger partial charge in [0.25, 0.3) is 0 Å². The molecule has 0 saturated carbocycles. The van der Waals surface area contributed by atoms with Crippen molar-refractivity contribution in [3.8, 4) is 11.5 Å². The molecule has 0 bridgehead atoms. The Balaban J connectivity index is 2.79. The number of benzene rings is 1. The molecule has 0 aliphatic carbocycles. The first-order valence-corrected chi connectivity index (χ1v) is 6.81. The van der Waals surface area contributed by atoms with E-state index < -0.39 is 0 Å². The molecule has 0 heterocycles. The van der Waals surface area contributed by atoms with Crippen molar-refractivity contribution in [1.82, 2.24) is 0 Å². The highest BCUT2D eigenvalue weighted by molar-refractivity contribution is 5.71. The molecule has 5 nitrogen and oxygen atoms in total. The van der Waals surface area contributed by atoms with Gasteiger partial charge in [-0.05, 0) is 43.5 Å². The first kappa shape index (κ1) is 16.3. The summed E-state index contributed by atoms with van der Waals surface area (Å²) in [6, 6.07) is 5.51. The SMILES string of the molecule is CCOC(=O)COc1ccc(OC)cc1CC(N)CC. The molecule has 0 radical (unpaired) electrons. The quantitative estimate of drug-likeness (QED) is 0.737. The molecule has 5 heteroatoms. The van der Waals surface area contributed by atoms with Gasteiger partial charge >= 0.3 is 5.97 Å². The third-order valence-electron chi connectivity index (χ3n) is 2.92. The van der Waals surface area contributed by atoms with Crippen LogP contribution in [0, 0.1) is 0 Å². The zero-order valence-electron chi connectivity index (χ0n) is 12.3. The summed E-state index contributed by atoms with van der Waals surface area (Å²) >= 11 is 0. The van der Waals surface area contributed by atoms with Gasteiger partial charge in [-0.1, -0.05) is 6.92 Å². The van der Waals surface area contributed by atoms with E-state index in [1.165, 1.54) is 0 Å². The predicted octanol–water partition coefficient (Wildman–Crippen LogP) is 1.92. The lowest BCUT2D eigenvalue weighted by Gasteiger charge is -2.15. The summed E-state index contributed by atoms with van der Waals surface area (Å²) in [6.07, 6.45) is 1.54. The summed E-state index contributed by atoms with van der Waals surface area (Å²) in [7, 11) is 1.61. The maximum Gasteiger partial charge on any atom is 0.344 e. The molecule has 112 valence electrons. The summed E-state index contributed by atoms with van der Waals surface area (Å²) in [5.74, 6) is 1.00. The van der Waals surface area contributed by atoms with Gasteiger partial charge in [-0.3, -0.25) is 0 Å². The van der Waals surface area contributed by atoms with Crippen LogP contribution in [0.2, 0.25) is 0 Å². The van der Waals surface area contributed by atoms with Crippen LogP contribution in [0.4, 0.5) is 0 Å². The normalized spacial score (nSPS) is 11.8. The van der Waals surface area contributed by atoms with Gasteiger partial charge < -0.3 is 19.9 Å². The smallest absolute Gasteiger partial charge is 0.344 e. The third-order valence-corrected chi connectivity index (χ3v) is 2.92. The predicted molar refractivity (Wildman–Crippen MR) is 77.1 cm³/mol. The van der Waals surface area contributed by atoms with Crippen molar-refractivity contribution >= 4 is 5.97 Å². The summed E-state index contributed by atoms with van der Waals surface area (Å²) in [5, 5.41) is 0. The van der Waals surface area contributed by atoms with Gasteiger partial charge in [0.1, 0.15) is 11.5 Å². The second-order valence-electron chi connectivity index (χ2n) is 4.44. The standard InChI is InChI=1S/C15H23NO4/c1-4-12(16)8-11-9-13(18-3)6-7-14(11)20-10-15(17)19-5-2/h6-7,9,12H,4-5,8,10,16H2,1-3H3. The van der Waals surface area contributed by atoms with Gasteiger partial charge in [0.05, 0.1) is 13.7 Å². The number of methoxy groups -OCH3 is 1. The van der Waals surface area contributed by atoms with Gasteiger partial charge in [-0.15, -0.1) is 0 Å². The molecule has 0 aliphatic rings. The fraction of sp³-hybridized carbons (Fsp3) is 0.533. The Morgan fingerprint density at radius 1 is 1.35 bits per heavy atom. The monoisotopic (exact) mass is 281 g/mol. The number of nitrogens with two attached hydrogens (primary N) is 1. The van der Waals surface area contributed by atoms with Crippen molar-refractivity contribution in [2.75, 3.05) is 20.3 Å². The summed E-state index contributed by atoms with van der Waals surface area (Å²) in [4.78, 5) is 11.3. The Labute approximate surface area is 120 Å². The van der Waals surface area contributed by atoms with Crippen LogP contribution in [0.5, 0.6) is 11.5 Å². The van der Waals surface area contributed by atoms with E-state index in [9.17, 15) is 4.79 Å². The molecule has 2 N–H and O–H groups in total. The van der Waals surface area contributed by atoms with Gasteiger partial charge in [0, 0.05) is 6.04 Å². The zero-order valence-corrected chi connectivity index (χ0v) is 12.3. The van der Waals surface area contributed by atoms with Crippen molar-refractivity contribution in [3.63, 3.8) is 0 Å². The van der Waals surface area contributed by atoms with Crippen LogP contribution in [0.15, 0.2) is 18.2 Å². The fourth-order valence-electron chi connectivity index (χ4n) is 1.75. The molecule has 1 aromatic rings. The second-order valence-corrected chi connectivity index (χ2v) is 4.44. The Hall–Kier alpha value is -1.75. The Kier molecular flexibility index (Phi) is 6.87. The first-order valence-electron chi connectivity index (χ1n) is 6.81. The first-order chi connectivity index (χ1) is 9.60. The van der Waals surface area contributed by atoms with Crippen LogP contribution in [0.25, 0.3) is 0 Å². The molecular formula is C15H23NO4. The van der Waals surface area contributed by atoms with Crippen LogP contribution in [-0.2, 0) is 16.0 Å². The van der Waals surface area contributed by atoms with Crippen LogP contribution >= 0.6 is 0 Å². The van der Waals surface area contributed by atoms with E-state index in [0.29, 0.717) is 18.8 Å². The van der Waals surface area contributed by atoms with E-state index in [4.69, 9.17) is 19.9 Å². The van der Waals surface area contributed by atoms with E-state index >= 15 is 0 Å². The van der Waals surface area contributed by atoms with Crippen LogP contribution in [-0.4, -0.2) is 32.3 Å². The Morgan fingerprint density at radius 3 is 2.70 bits per heavy atom. The van der Waals surface area contributed by atoms with Gasteiger partial charge in [-0.2, -0.15) is 0 Å². The van der Waals surface area contributed by atoms with Gasteiger partial charge in [0.2, 0.25) is 0 Å². The van der Waals surface area contributed by atoms with E-state index in [2.05, 4.69) is 0 Å². The molecule has 0 spiro atoms. The minimum Gasteiger partial charge on any atom is -0.497 e. The average Bonchev–Trinajstić information content (AvgIpc) is 2.46. The lowest BCUT2D eigenvalue weighted by atomic mass is 10.0. The Bertz CT molecular complexity index is 434. The number of rotatable bonds is 8. The molecule has 1 atom stereocenters. The lowest BCUT2D eigenvalue weighted by Crippen LogP contribution is -2.22. The summed E-state index contributed by atoms with van der Waals surface area (Å²) in [5.41, 5.74) is 6.91. The minimum absolute atomic E-state index is 0.0482. The van der Waals surface area contributed by atoms with E-state index in [1.807, 2.05) is 13.0 Å². The largest absolute Gasteiger partial charge is 0.497 e. The number of carbonyl (C=O) groups is 1. The van der Waals surface area contributed by atoms with Crippen molar-refractivity contribution in [2.24, 2.45) is 5.73 Å². The molecular weight excluding hydrogens is 258 g/mol. The molecule has 1 unspecified atom stereocenters. The average molecular weight is 281 g/mol. The van der Waals surface area contributed by atoms with E-state index in [-0.39, 0.29) is 18.6 Å². The van der Waals surface area contributed by atoms with E-state index in [1.54, 1.807) is 26.2 Å². The fourth-order valence-corrected chi connectivity index (χ4v) is 1.75. The summed E-state index contributed by atoms with van der Waals surface area (Å²) in [6.45, 7) is 4.04. The van der Waals surface area contributed by atoms with Crippen molar-refractivity contribution < 1.29 is 19.0 Å². The number of hydrogen-bond acceptors (Lipinski definition) is 5. The van der Waals surface area contributed by atoms with Crippen molar-refractivity contribution in [2.45, 2.75) is 32.7 Å². The molecule has 20 heavy (non-hydrogen) atoms. The second kappa shape index (κ2) is 8.43. The number of carbonyl (C=O) groups excluding carboxylic acids is 1. The number of esters is 1. The molecule has 0 aromatic heterocycles. The third kappa shape index (κ3) is 5.09. The Morgan fingerprint density at radius 2 is 2.10 bits per heavy atom. The van der Waals surface area contributed by atoms with Crippen molar-refractivity contribution in [3.05, 3.63) is 23.8 Å².